The van der Waals surface area contributed by atoms with Gasteiger partial charge in [-0.1, -0.05) is 75.4 Å². The molecule has 2 atom stereocenters. The Morgan fingerprint density at radius 3 is 2.54 bits per heavy atom. The van der Waals surface area contributed by atoms with Crippen LogP contribution >= 0.6 is 0 Å². The van der Waals surface area contributed by atoms with Crippen LogP contribution in [0.5, 0.6) is 0 Å². The monoisotopic (exact) mass is 355 g/mol. The number of aliphatic hydroxyl groups is 1. The van der Waals surface area contributed by atoms with E-state index < -0.39 is 0 Å². The number of amides is 1. The number of unbranched alkanes of at least 4 members (excludes halogenated alkanes) is 2. The lowest BCUT2D eigenvalue weighted by Crippen LogP contribution is -2.46. The molecule has 1 amide bonds. The number of carbonyl (C=O) groups is 1. The van der Waals surface area contributed by atoms with Crippen molar-refractivity contribution >= 4 is 5.91 Å². The normalized spacial score (nSPS) is 22.6. The molecule has 0 aromatic heterocycles. The van der Waals surface area contributed by atoms with E-state index in [1.54, 1.807) is 0 Å². The third kappa shape index (κ3) is 4.56. The molecule has 1 N–H and O–H groups in total. The van der Waals surface area contributed by atoms with Crippen LogP contribution in [-0.2, 0) is 4.79 Å². The molecule has 1 aliphatic carbocycles. The molecule has 3 rings (SSSR count). The maximum Gasteiger partial charge on any atom is 0.225 e. The number of carbonyl (C=O) groups excluding carboxylic acids is 1. The summed E-state index contributed by atoms with van der Waals surface area (Å²) in [5.74, 6) is 0.645. The number of rotatable bonds is 8. The van der Waals surface area contributed by atoms with Crippen LogP contribution in [0.3, 0.4) is 0 Å². The fraction of sp³-hybridized carbons (Fsp3) is 0.609. The first kappa shape index (κ1) is 19.2. The summed E-state index contributed by atoms with van der Waals surface area (Å²) in [5.41, 5.74) is 2.21. The predicted octanol–water partition coefficient (Wildman–Crippen LogP) is 5.32. The molecule has 0 bridgehead atoms. The van der Waals surface area contributed by atoms with Crippen LogP contribution in [-0.4, -0.2) is 22.5 Å². The highest BCUT2D eigenvalue weighted by Crippen LogP contribution is 2.37. The van der Waals surface area contributed by atoms with Gasteiger partial charge in [0.25, 0.3) is 0 Å². The van der Waals surface area contributed by atoms with Gasteiger partial charge in [-0.15, -0.1) is 0 Å². The molecular formula is C23H33NO2. The van der Waals surface area contributed by atoms with E-state index in [2.05, 4.69) is 43.3 Å². The second kappa shape index (κ2) is 9.36. The van der Waals surface area contributed by atoms with Gasteiger partial charge >= 0.3 is 0 Å². The summed E-state index contributed by atoms with van der Waals surface area (Å²) in [6, 6.07) is 8.52. The first-order valence-corrected chi connectivity index (χ1v) is 10.4. The second-order valence-corrected chi connectivity index (χ2v) is 7.89. The van der Waals surface area contributed by atoms with Gasteiger partial charge in [0.15, 0.2) is 0 Å². The van der Waals surface area contributed by atoms with Crippen LogP contribution in [0.25, 0.3) is 0 Å². The van der Waals surface area contributed by atoms with Gasteiger partial charge in [-0.3, -0.25) is 4.79 Å². The van der Waals surface area contributed by atoms with Gasteiger partial charge in [0.05, 0.1) is 18.6 Å². The molecule has 3 nitrogen and oxygen atoms in total. The first-order chi connectivity index (χ1) is 12.7. The van der Waals surface area contributed by atoms with Crippen molar-refractivity contribution < 1.29 is 9.90 Å². The summed E-state index contributed by atoms with van der Waals surface area (Å²) in [6.07, 6.45) is 14.1. The van der Waals surface area contributed by atoms with Crippen LogP contribution in [0.4, 0.5) is 0 Å². The van der Waals surface area contributed by atoms with Crippen molar-refractivity contribution in [3.63, 3.8) is 0 Å². The van der Waals surface area contributed by atoms with Gasteiger partial charge in [-0.05, 0) is 36.3 Å². The highest BCUT2D eigenvalue weighted by molar-refractivity contribution is 5.83. The molecule has 1 aromatic carbocycles. The van der Waals surface area contributed by atoms with Crippen LogP contribution in [0.2, 0.25) is 0 Å². The Balaban J connectivity index is 1.57. The van der Waals surface area contributed by atoms with E-state index >= 15 is 0 Å². The van der Waals surface area contributed by atoms with Gasteiger partial charge < -0.3 is 10.0 Å². The third-order valence-corrected chi connectivity index (χ3v) is 6.02. The number of likely N-dealkylation sites (tertiary alicyclic amines) is 1. The summed E-state index contributed by atoms with van der Waals surface area (Å²) in [4.78, 5) is 13.9. The summed E-state index contributed by atoms with van der Waals surface area (Å²) in [7, 11) is 0. The van der Waals surface area contributed by atoms with Crippen molar-refractivity contribution in [3.8, 4) is 0 Å². The third-order valence-electron chi connectivity index (χ3n) is 6.02. The van der Waals surface area contributed by atoms with E-state index in [9.17, 15) is 9.90 Å². The molecule has 1 saturated carbocycles. The molecular weight excluding hydrogens is 322 g/mol. The molecule has 2 aliphatic rings. The Bertz CT molecular complexity index is 601. The molecule has 0 radical (unpaired) electrons. The van der Waals surface area contributed by atoms with Crippen LogP contribution in [0.15, 0.2) is 36.4 Å². The van der Waals surface area contributed by atoms with Gasteiger partial charge in [0.1, 0.15) is 0 Å². The molecule has 2 fully saturated rings. The van der Waals surface area contributed by atoms with E-state index in [1.807, 2.05) is 4.90 Å². The Hall–Kier alpha value is -1.61. The van der Waals surface area contributed by atoms with Gasteiger partial charge in [-0.2, -0.15) is 0 Å². The Morgan fingerprint density at radius 2 is 1.88 bits per heavy atom. The zero-order valence-corrected chi connectivity index (χ0v) is 16.1. The number of hydrogen-bond acceptors (Lipinski definition) is 2. The molecule has 1 aliphatic heterocycles. The Kier molecular flexibility index (Phi) is 6.90. The number of aliphatic hydroxyl groups excluding tert-OH is 1. The quantitative estimate of drug-likeness (QED) is 0.389. The standard InChI is InChI=1S/C23H33NO2/c1-2-3-4-5-9-16-24-21(17-22(24)25)18-12-14-20(15-13-18)23(26)19-10-7-6-8-11-19/h5,9,12-15,19,21,23,26H,2-4,6-8,10-11,16-17H2,1H3/b9-5-/t21-,23?/m1/s1. The number of hydrogen-bond donors (Lipinski definition) is 1. The van der Waals surface area contributed by atoms with Crippen LogP contribution in [0, 0.1) is 5.92 Å². The number of β-lactam (4-membered cyclic amide) rings is 1. The van der Waals surface area contributed by atoms with Gasteiger partial charge in [0, 0.05) is 6.54 Å². The van der Waals surface area contributed by atoms with Crippen molar-refractivity contribution in [1.82, 2.24) is 4.90 Å². The zero-order valence-electron chi connectivity index (χ0n) is 16.1. The molecule has 0 spiro atoms. The van der Waals surface area contributed by atoms with Crippen molar-refractivity contribution in [1.29, 1.82) is 0 Å². The molecule has 1 aromatic rings. The molecule has 1 saturated heterocycles. The molecule has 1 heterocycles. The summed E-state index contributed by atoms with van der Waals surface area (Å²) in [5, 5.41) is 10.7. The average molecular weight is 356 g/mol. The summed E-state index contributed by atoms with van der Waals surface area (Å²) in [6.45, 7) is 2.90. The molecule has 1 unspecified atom stereocenters. The minimum Gasteiger partial charge on any atom is -0.388 e. The Morgan fingerprint density at radius 1 is 1.15 bits per heavy atom. The Labute approximate surface area is 158 Å². The second-order valence-electron chi connectivity index (χ2n) is 7.89. The highest BCUT2D eigenvalue weighted by Gasteiger charge is 2.36. The van der Waals surface area contributed by atoms with E-state index in [0.717, 1.165) is 24.8 Å². The highest BCUT2D eigenvalue weighted by atomic mass is 16.3. The fourth-order valence-corrected chi connectivity index (χ4v) is 4.25. The first-order valence-electron chi connectivity index (χ1n) is 10.4. The molecule has 26 heavy (non-hydrogen) atoms. The fourth-order valence-electron chi connectivity index (χ4n) is 4.25. The SMILES string of the molecule is CCCC/C=C\CN1C(=O)C[C@@H]1c1ccc(C(O)C2CCCCC2)cc1. The lowest BCUT2D eigenvalue weighted by atomic mass is 9.82. The van der Waals surface area contributed by atoms with E-state index in [1.165, 1.54) is 37.7 Å². The van der Waals surface area contributed by atoms with Gasteiger partial charge in [0.2, 0.25) is 5.91 Å². The maximum absolute atomic E-state index is 12.0. The number of allylic oxidation sites excluding steroid dienone is 1. The smallest absolute Gasteiger partial charge is 0.225 e. The summed E-state index contributed by atoms with van der Waals surface area (Å²) >= 11 is 0. The van der Waals surface area contributed by atoms with Crippen molar-refractivity contribution in [2.45, 2.75) is 76.9 Å². The van der Waals surface area contributed by atoms with Crippen LogP contribution in [0.1, 0.15) is 88.0 Å². The van der Waals surface area contributed by atoms with Crippen molar-refractivity contribution in [2.75, 3.05) is 6.54 Å². The molecule has 3 heteroatoms. The zero-order chi connectivity index (χ0) is 18.4. The number of nitrogens with zero attached hydrogens (tertiary/aromatic N) is 1. The lowest BCUT2D eigenvalue weighted by Gasteiger charge is -2.40. The average Bonchev–Trinajstić information content (AvgIpc) is 2.69. The number of benzene rings is 1. The minimum atomic E-state index is -0.343. The maximum atomic E-state index is 12.0. The van der Waals surface area contributed by atoms with E-state index in [-0.39, 0.29) is 18.1 Å². The lowest BCUT2D eigenvalue weighted by molar-refractivity contribution is -0.145. The summed E-state index contributed by atoms with van der Waals surface area (Å²) < 4.78 is 0. The predicted molar refractivity (Wildman–Crippen MR) is 106 cm³/mol. The molecule has 142 valence electrons. The van der Waals surface area contributed by atoms with Crippen molar-refractivity contribution in [2.24, 2.45) is 5.92 Å². The largest absolute Gasteiger partial charge is 0.388 e. The topological polar surface area (TPSA) is 40.5 Å². The van der Waals surface area contributed by atoms with Crippen LogP contribution < -0.4 is 0 Å². The minimum absolute atomic E-state index is 0.194. The van der Waals surface area contributed by atoms with Gasteiger partial charge in [-0.25, -0.2) is 0 Å². The van der Waals surface area contributed by atoms with Crippen molar-refractivity contribution in [3.05, 3.63) is 47.5 Å². The van der Waals surface area contributed by atoms with E-state index in [0.29, 0.717) is 18.9 Å². The van der Waals surface area contributed by atoms with E-state index in [4.69, 9.17) is 0 Å².